The highest BCUT2D eigenvalue weighted by Gasteiger charge is 2.20. The molecule has 0 aromatic carbocycles. The Morgan fingerprint density at radius 2 is 2.19 bits per heavy atom. The fourth-order valence-corrected chi connectivity index (χ4v) is 2.39. The topological polar surface area (TPSA) is 66.5 Å². The molecule has 94 valence electrons. The average molecular weight is 248 g/mol. The molecule has 0 spiro atoms. The average Bonchev–Trinajstić information content (AvgIpc) is 2.15. The molecule has 0 aromatic rings. The molecule has 1 unspecified atom stereocenters. The first kappa shape index (κ1) is 13.4. The van der Waals surface area contributed by atoms with Crippen LogP contribution in [0.1, 0.15) is 26.2 Å². The number of nitrogens with zero attached hydrogens (tertiary/aromatic N) is 1. The summed E-state index contributed by atoms with van der Waals surface area (Å²) in [7, 11) is -3.18. The maximum absolute atomic E-state index is 11.7. The highest BCUT2D eigenvalue weighted by Crippen LogP contribution is 2.15. The molecule has 6 heteroatoms. The summed E-state index contributed by atoms with van der Waals surface area (Å²) in [5, 5.41) is 0. The number of hydrogen-bond donors (Lipinski definition) is 1. The number of rotatable bonds is 4. The van der Waals surface area contributed by atoms with Crippen molar-refractivity contribution >= 4 is 15.9 Å². The minimum atomic E-state index is -3.18. The first-order valence-electron chi connectivity index (χ1n) is 5.61. The van der Waals surface area contributed by atoms with Gasteiger partial charge in [-0.05, 0) is 18.8 Å². The largest absolute Gasteiger partial charge is 0.342 e. The second-order valence-corrected chi connectivity index (χ2v) is 6.34. The summed E-state index contributed by atoms with van der Waals surface area (Å²) in [4.78, 5) is 13.6. The zero-order chi connectivity index (χ0) is 12.2. The zero-order valence-electron chi connectivity index (χ0n) is 9.90. The molecule has 0 saturated carbocycles. The van der Waals surface area contributed by atoms with Crippen LogP contribution >= 0.6 is 0 Å². The molecule has 1 amide bonds. The van der Waals surface area contributed by atoms with Crippen LogP contribution in [0.25, 0.3) is 0 Å². The van der Waals surface area contributed by atoms with Crippen LogP contribution in [-0.4, -0.2) is 45.1 Å². The quantitative estimate of drug-likeness (QED) is 0.772. The third-order valence-electron chi connectivity index (χ3n) is 2.71. The van der Waals surface area contributed by atoms with Gasteiger partial charge in [0.05, 0.1) is 6.26 Å². The van der Waals surface area contributed by atoms with E-state index in [4.69, 9.17) is 0 Å². The molecule has 1 rings (SSSR count). The van der Waals surface area contributed by atoms with Crippen LogP contribution in [0.2, 0.25) is 0 Å². The van der Waals surface area contributed by atoms with E-state index in [0.717, 1.165) is 25.8 Å². The number of hydrogen-bond acceptors (Lipinski definition) is 3. The van der Waals surface area contributed by atoms with Crippen molar-refractivity contribution in [2.75, 3.05) is 25.9 Å². The van der Waals surface area contributed by atoms with Gasteiger partial charge in [0.1, 0.15) is 0 Å². The Kier molecular flexibility index (Phi) is 4.73. The predicted molar refractivity (Wildman–Crippen MR) is 62.4 cm³/mol. The summed E-state index contributed by atoms with van der Waals surface area (Å²) in [5.74, 6) is 0.600. The highest BCUT2D eigenvalue weighted by molar-refractivity contribution is 7.88. The smallest absolute Gasteiger partial charge is 0.223 e. The van der Waals surface area contributed by atoms with E-state index in [1.54, 1.807) is 0 Å². The van der Waals surface area contributed by atoms with Gasteiger partial charge in [-0.25, -0.2) is 13.1 Å². The normalized spacial score (nSPS) is 22.1. The molecule has 1 aliphatic rings. The lowest BCUT2D eigenvalue weighted by molar-refractivity contribution is -0.132. The Labute approximate surface area is 97.2 Å². The van der Waals surface area contributed by atoms with Crippen molar-refractivity contribution in [2.45, 2.75) is 26.2 Å². The molecule has 0 aromatic heterocycles. The summed E-state index contributed by atoms with van der Waals surface area (Å²) in [5.41, 5.74) is 0. The van der Waals surface area contributed by atoms with Crippen LogP contribution in [0.4, 0.5) is 0 Å². The van der Waals surface area contributed by atoms with Crippen LogP contribution in [0.3, 0.4) is 0 Å². The fraction of sp³-hybridized carbons (Fsp3) is 0.900. The molecule has 0 radical (unpaired) electrons. The SMILES string of the molecule is CC1CCCN(C(=O)CCNS(C)(=O)=O)C1. The van der Waals surface area contributed by atoms with Gasteiger partial charge in [-0.15, -0.1) is 0 Å². The molecule has 1 fully saturated rings. The molecule has 1 N–H and O–H groups in total. The number of carbonyl (C=O) groups is 1. The van der Waals surface area contributed by atoms with Gasteiger partial charge >= 0.3 is 0 Å². The van der Waals surface area contributed by atoms with E-state index in [1.807, 2.05) is 4.90 Å². The summed E-state index contributed by atoms with van der Waals surface area (Å²) in [6, 6.07) is 0. The Bertz CT molecular complexity index is 340. The molecule has 0 bridgehead atoms. The van der Waals surface area contributed by atoms with Crippen molar-refractivity contribution in [3.05, 3.63) is 0 Å². The highest BCUT2D eigenvalue weighted by atomic mass is 32.2. The van der Waals surface area contributed by atoms with Gasteiger partial charge in [-0.2, -0.15) is 0 Å². The van der Waals surface area contributed by atoms with Crippen molar-refractivity contribution in [1.82, 2.24) is 9.62 Å². The Hall–Kier alpha value is -0.620. The van der Waals surface area contributed by atoms with Gasteiger partial charge in [-0.1, -0.05) is 6.92 Å². The van der Waals surface area contributed by atoms with Gasteiger partial charge < -0.3 is 4.90 Å². The molecule has 16 heavy (non-hydrogen) atoms. The van der Waals surface area contributed by atoms with Gasteiger partial charge in [0.2, 0.25) is 15.9 Å². The third-order valence-corrected chi connectivity index (χ3v) is 3.44. The number of sulfonamides is 1. The van der Waals surface area contributed by atoms with E-state index in [0.29, 0.717) is 5.92 Å². The predicted octanol–water partition coefficient (Wildman–Crippen LogP) is 0.184. The third kappa shape index (κ3) is 4.94. The summed E-state index contributed by atoms with van der Waals surface area (Å²) < 4.78 is 23.9. The molecule has 5 nitrogen and oxygen atoms in total. The summed E-state index contributed by atoms with van der Waals surface area (Å²) in [6.07, 6.45) is 3.57. The van der Waals surface area contributed by atoms with Crippen molar-refractivity contribution in [1.29, 1.82) is 0 Å². The number of likely N-dealkylation sites (tertiary alicyclic amines) is 1. The summed E-state index contributed by atoms with van der Waals surface area (Å²) in [6.45, 7) is 3.94. The zero-order valence-corrected chi connectivity index (χ0v) is 10.7. The Balaban J connectivity index is 2.29. The molecular weight excluding hydrogens is 228 g/mol. The molecule has 1 heterocycles. The number of amides is 1. The van der Waals surface area contributed by atoms with Crippen molar-refractivity contribution in [2.24, 2.45) is 5.92 Å². The molecular formula is C10H20N2O3S. The maximum Gasteiger partial charge on any atom is 0.223 e. The molecule has 0 aliphatic carbocycles. The van der Waals surface area contributed by atoms with Gasteiger partial charge in [0.15, 0.2) is 0 Å². The number of piperidine rings is 1. The fourth-order valence-electron chi connectivity index (χ4n) is 1.92. The maximum atomic E-state index is 11.7. The first-order valence-corrected chi connectivity index (χ1v) is 7.50. The Morgan fingerprint density at radius 3 is 2.75 bits per heavy atom. The Morgan fingerprint density at radius 1 is 1.50 bits per heavy atom. The number of carbonyl (C=O) groups excluding carboxylic acids is 1. The second-order valence-electron chi connectivity index (χ2n) is 4.50. The van der Waals surface area contributed by atoms with Crippen LogP contribution < -0.4 is 4.72 Å². The van der Waals surface area contributed by atoms with Crippen molar-refractivity contribution in [3.63, 3.8) is 0 Å². The van der Waals surface area contributed by atoms with E-state index in [2.05, 4.69) is 11.6 Å². The van der Waals surface area contributed by atoms with E-state index in [-0.39, 0.29) is 18.9 Å². The van der Waals surface area contributed by atoms with Crippen LogP contribution in [-0.2, 0) is 14.8 Å². The van der Waals surface area contributed by atoms with Gasteiger partial charge in [0, 0.05) is 26.1 Å². The van der Waals surface area contributed by atoms with E-state index in [1.165, 1.54) is 6.42 Å². The van der Waals surface area contributed by atoms with Crippen molar-refractivity contribution < 1.29 is 13.2 Å². The van der Waals surface area contributed by atoms with Crippen LogP contribution in [0.15, 0.2) is 0 Å². The van der Waals surface area contributed by atoms with Crippen molar-refractivity contribution in [3.8, 4) is 0 Å². The summed E-state index contributed by atoms with van der Waals surface area (Å²) >= 11 is 0. The second kappa shape index (κ2) is 5.63. The first-order chi connectivity index (χ1) is 7.38. The molecule has 1 aliphatic heterocycles. The molecule has 1 saturated heterocycles. The lowest BCUT2D eigenvalue weighted by atomic mass is 10.0. The standard InChI is InChI=1S/C10H20N2O3S/c1-9-4-3-7-12(8-9)10(13)5-6-11-16(2,14)15/h9,11H,3-8H2,1-2H3. The lowest BCUT2D eigenvalue weighted by Gasteiger charge is -2.31. The van der Waals surface area contributed by atoms with E-state index < -0.39 is 10.0 Å². The van der Waals surface area contributed by atoms with E-state index >= 15 is 0 Å². The number of nitrogens with one attached hydrogen (secondary N) is 1. The van der Waals surface area contributed by atoms with Gasteiger partial charge in [0.25, 0.3) is 0 Å². The monoisotopic (exact) mass is 248 g/mol. The lowest BCUT2D eigenvalue weighted by Crippen LogP contribution is -2.40. The van der Waals surface area contributed by atoms with Gasteiger partial charge in [-0.3, -0.25) is 4.79 Å². The molecule has 1 atom stereocenters. The van der Waals surface area contributed by atoms with E-state index in [9.17, 15) is 13.2 Å². The minimum Gasteiger partial charge on any atom is -0.342 e. The minimum absolute atomic E-state index is 0.0442. The van der Waals surface area contributed by atoms with Crippen LogP contribution in [0.5, 0.6) is 0 Å². The van der Waals surface area contributed by atoms with Crippen LogP contribution in [0, 0.1) is 5.92 Å².